The number of hydrogen-bond donors (Lipinski definition) is 0. The van der Waals surface area contributed by atoms with Crippen LogP contribution in [0.4, 0.5) is 0 Å². The second kappa shape index (κ2) is 5.35. The van der Waals surface area contributed by atoms with E-state index in [-0.39, 0.29) is 0 Å². The minimum absolute atomic E-state index is 0.372. The van der Waals surface area contributed by atoms with E-state index in [1.54, 1.807) is 11.6 Å². The predicted octanol–water partition coefficient (Wildman–Crippen LogP) is 0.552. The summed E-state index contributed by atoms with van der Waals surface area (Å²) in [6.07, 6.45) is 2.95. The van der Waals surface area contributed by atoms with Gasteiger partial charge >= 0.3 is 0 Å². The fraction of sp³-hybridized carbons (Fsp3) is 0.636. The molecule has 0 bridgehead atoms. The van der Waals surface area contributed by atoms with Crippen LogP contribution in [-0.4, -0.2) is 45.1 Å². The number of aryl methyl sites for hydroxylation is 1. The van der Waals surface area contributed by atoms with Gasteiger partial charge in [-0.2, -0.15) is 0 Å². The molecule has 0 aromatic carbocycles. The zero-order valence-electron chi connectivity index (χ0n) is 10.7. The first-order chi connectivity index (χ1) is 9.33. The molecule has 3 heterocycles. The maximum Gasteiger partial charge on any atom is 0.278 e. The second-order valence-electron chi connectivity index (χ2n) is 4.47. The van der Waals surface area contributed by atoms with E-state index < -0.39 is 0 Å². The maximum absolute atomic E-state index is 5.43. The molecule has 3 rings (SSSR count). The molecule has 102 valence electrons. The van der Waals surface area contributed by atoms with Crippen molar-refractivity contribution in [2.24, 2.45) is 0 Å². The van der Waals surface area contributed by atoms with Crippen molar-refractivity contribution < 1.29 is 14.1 Å². The van der Waals surface area contributed by atoms with E-state index in [1.165, 1.54) is 0 Å². The lowest BCUT2D eigenvalue weighted by Gasteiger charge is -2.02. The van der Waals surface area contributed by atoms with Gasteiger partial charge in [-0.05, 0) is 18.5 Å². The van der Waals surface area contributed by atoms with Crippen LogP contribution in [0.5, 0.6) is 5.88 Å². The summed E-state index contributed by atoms with van der Waals surface area (Å²) >= 11 is 0. The zero-order valence-corrected chi connectivity index (χ0v) is 10.7. The number of hydrogen-bond acceptors (Lipinski definition) is 7. The van der Waals surface area contributed by atoms with Crippen molar-refractivity contribution in [3.63, 3.8) is 0 Å². The van der Waals surface area contributed by atoms with Crippen LogP contribution in [0, 0.1) is 6.92 Å². The summed E-state index contributed by atoms with van der Waals surface area (Å²) in [7, 11) is 0. The summed E-state index contributed by atoms with van der Waals surface area (Å²) in [4.78, 5) is 0. The molecule has 1 aliphatic heterocycles. The van der Waals surface area contributed by atoms with E-state index >= 15 is 0 Å². The third-order valence-corrected chi connectivity index (χ3v) is 3.07. The predicted molar refractivity (Wildman–Crippen MR) is 62.7 cm³/mol. The molecule has 0 radical (unpaired) electrons. The average molecular weight is 265 g/mol. The Labute approximate surface area is 109 Å². The molecule has 1 aliphatic rings. The van der Waals surface area contributed by atoms with Crippen molar-refractivity contribution in [2.45, 2.75) is 25.8 Å². The summed E-state index contributed by atoms with van der Waals surface area (Å²) < 4.78 is 17.1. The molecule has 0 saturated carbocycles. The van der Waals surface area contributed by atoms with Gasteiger partial charge in [-0.1, -0.05) is 10.4 Å². The van der Waals surface area contributed by atoms with E-state index in [0.29, 0.717) is 30.6 Å². The van der Waals surface area contributed by atoms with Gasteiger partial charge in [0.1, 0.15) is 12.3 Å². The van der Waals surface area contributed by atoms with Gasteiger partial charge in [-0.25, -0.2) is 9.31 Å². The fourth-order valence-corrected chi connectivity index (χ4v) is 1.97. The minimum atomic E-state index is 0.372. The Morgan fingerprint density at radius 3 is 3.16 bits per heavy atom. The topological polar surface area (TPSA) is 88.1 Å². The van der Waals surface area contributed by atoms with Gasteiger partial charge in [0.05, 0.1) is 18.8 Å². The van der Waals surface area contributed by atoms with E-state index in [0.717, 1.165) is 25.3 Å². The SMILES string of the molecule is Cc1nonc1OCCn1cc(C2CCOC2)nn1. The average Bonchev–Trinajstić information content (AvgIpc) is 3.11. The molecule has 8 heteroatoms. The molecule has 1 fully saturated rings. The fourth-order valence-electron chi connectivity index (χ4n) is 1.97. The molecule has 2 aromatic rings. The molecule has 1 atom stereocenters. The van der Waals surface area contributed by atoms with E-state index in [4.69, 9.17) is 9.47 Å². The van der Waals surface area contributed by atoms with Crippen molar-refractivity contribution in [3.05, 3.63) is 17.6 Å². The maximum atomic E-state index is 5.43. The van der Waals surface area contributed by atoms with E-state index in [1.807, 2.05) is 6.20 Å². The van der Waals surface area contributed by atoms with Crippen molar-refractivity contribution >= 4 is 0 Å². The molecule has 1 unspecified atom stereocenters. The quantitative estimate of drug-likeness (QED) is 0.780. The third-order valence-electron chi connectivity index (χ3n) is 3.07. The van der Waals surface area contributed by atoms with Gasteiger partial charge in [0, 0.05) is 18.7 Å². The first kappa shape index (κ1) is 12.1. The highest BCUT2D eigenvalue weighted by Crippen LogP contribution is 2.22. The minimum Gasteiger partial charge on any atom is -0.472 e. The van der Waals surface area contributed by atoms with Crippen LogP contribution in [0.2, 0.25) is 0 Å². The van der Waals surface area contributed by atoms with Gasteiger partial charge in [0.15, 0.2) is 0 Å². The number of nitrogens with zero attached hydrogens (tertiary/aromatic N) is 5. The molecular weight excluding hydrogens is 250 g/mol. The van der Waals surface area contributed by atoms with E-state index in [9.17, 15) is 0 Å². The van der Waals surface area contributed by atoms with Crippen LogP contribution in [0.3, 0.4) is 0 Å². The third kappa shape index (κ3) is 2.73. The highest BCUT2D eigenvalue weighted by molar-refractivity contribution is 5.11. The van der Waals surface area contributed by atoms with Crippen LogP contribution >= 0.6 is 0 Å². The van der Waals surface area contributed by atoms with Crippen LogP contribution in [0.25, 0.3) is 0 Å². The lowest BCUT2D eigenvalue weighted by molar-refractivity contribution is 0.193. The van der Waals surface area contributed by atoms with Crippen LogP contribution < -0.4 is 4.74 Å². The summed E-state index contributed by atoms with van der Waals surface area (Å²) in [6, 6.07) is 0. The lowest BCUT2D eigenvalue weighted by atomic mass is 10.1. The number of ether oxygens (including phenoxy) is 2. The Kier molecular flexibility index (Phi) is 3.41. The van der Waals surface area contributed by atoms with Gasteiger partial charge < -0.3 is 9.47 Å². The molecule has 0 aliphatic carbocycles. The monoisotopic (exact) mass is 265 g/mol. The Balaban J connectivity index is 1.51. The first-order valence-corrected chi connectivity index (χ1v) is 6.22. The first-order valence-electron chi connectivity index (χ1n) is 6.22. The molecule has 0 spiro atoms. The van der Waals surface area contributed by atoms with Gasteiger partial charge in [-0.3, -0.25) is 0 Å². The molecule has 0 amide bonds. The Hall–Kier alpha value is -1.96. The molecule has 19 heavy (non-hydrogen) atoms. The normalized spacial score (nSPS) is 18.9. The summed E-state index contributed by atoms with van der Waals surface area (Å²) in [5, 5.41) is 15.5. The van der Waals surface area contributed by atoms with E-state index in [2.05, 4.69) is 25.3 Å². The molecular formula is C11H15N5O3. The summed E-state index contributed by atoms with van der Waals surface area (Å²) in [6.45, 7) is 4.36. The highest BCUT2D eigenvalue weighted by atomic mass is 16.6. The number of rotatable bonds is 5. The molecule has 2 aromatic heterocycles. The second-order valence-corrected chi connectivity index (χ2v) is 4.47. The summed E-state index contributed by atoms with van der Waals surface area (Å²) in [5.74, 6) is 0.793. The highest BCUT2D eigenvalue weighted by Gasteiger charge is 2.20. The largest absolute Gasteiger partial charge is 0.472 e. The Bertz CT molecular complexity index is 532. The van der Waals surface area contributed by atoms with Crippen LogP contribution in [-0.2, 0) is 11.3 Å². The Morgan fingerprint density at radius 1 is 1.47 bits per heavy atom. The Morgan fingerprint density at radius 2 is 2.42 bits per heavy atom. The van der Waals surface area contributed by atoms with Crippen molar-refractivity contribution in [1.29, 1.82) is 0 Å². The lowest BCUT2D eigenvalue weighted by Crippen LogP contribution is -2.09. The zero-order chi connectivity index (χ0) is 13.1. The van der Waals surface area contributed by atoms with Crippen LogP contribution in [0.1, 0.15) is 23.7 Å². The summed E-state index contributed by atoms with van der Waals surface area (Å²) in [5.41, 5.74) is 1.62. The number of aromatic nitrogens is 5. The molecule has 0 N–H and O–H groups in total. The van der Waals surface area contributed by atoms with Crippen molar-refractivity contribution in [3.8, 4) is 5.88 Å². The standard InChI is InChI=1S/C11H15N5O3/c1-8-11(14-19-13-8)18-5-3-16-6-10(12-15-16)9-2-4-17-7-9/h6,9H,2-5,7H2,1H3. The molecule has 8 nitrogen and oxygen atoms in total. The van der Waals surface area contributed by atoms with Gasteiger partial charge in [0.2, 0.25) is 0 Å². The smallest absolute Gasteiger partial charge is 0.278 e. The van der Waals surface area contributed by atoms with Crippen molar-refractivity contribution in [2.75, 3.05) is 19.8 Å². The van der Waals surface area contributed by atoms with Gasteiger partial charge in [0.25, 0.3) is 5.88 Å². The van der Waals surface area contributed by atoms with Crippen molar-refractivity contribution in [1.82, 2.24) is 25.3 Å². The van der Waals surface area contributed by atoms with Gasteiger partial charge in [-0.15, -0.1) is 5.10 Å². The molecule has 1 saturated heterocycles. The van der Waals surface area contributed by atoms with Crippen LogP contribution in [0.15, 0.2) is 10.8 Å².